The number of ether oxygens (including phenoxy) is 1. The van der Waals surface area contributed by atoms with Gasteiger partial charge < -0.3 is 9.84 Å². The van der Waals surface area contributed by atoms with Crippen molar-refractivity contribution < 1.29 is 9.84 Å². The molecule has 106 valence electrons. The van der Waals surface area contributed by atoms with Crippen LogP contribution in [0.15, 0.2) is 24.5 Å². The Morgan fingerprint density at radius 2 is 2.00 bits per heavy atom. The van der Waals surface area contributed by atoms with Crippen LogP contribution in [-0.2, 0) is 6.42 Å². The molecule has 0 saturated carbocycles. The van der Waals surface area contributed by atoms with Gasteiger partial charge in [0, 0.05) is 35.6 Å². The Morgan fingerprint density at radius 1 is 1.25 bits per heavy atom. The first-order valence-corrected chi connectivity index (χ1v) is 6.69. The molecule has 2 rings (SSSR count). The smallest absolute Gasteiger partial charge is 0.129 e. The molecule has 2 heterocycles. The highest BCUT2D eigenvalue weighted by molar-refractivity contribution is 6.29. The SMILES string of the molecule is COc1c(C)cnc(CC(O)c2ccc(Cl)nc2)c1C. The van der Waals surface area contributed by atoms with Crippen molar-refractivity contribution in [1.29, 1.82) is 0 Å². The highest BCUT2D eigenvalue weighted by atomic mass is 35.5. The molecule has 1 N–H and O–H groups in total. The van der Waals surface area contributed by atoms with E-state index in [1.807, 2.05) is 13.8 Å². The Hall–Kier alpha value is -1.65. The molecule has 0 bridgehead atoms. The van der Waals surface area contributed by atoms with E-state index < -0.39 is 6.10 Å². The van der Waals surface area contributed by atoms with Gasteiger partial charge in [-0.2, -0.15) is 0 Å². The number of aromatic nitrogens is 2. The van der Waals surface area contributed by atoms with Crippen molar-refractivity contribution in [3.05, 3.63) is 52.1 Å². The van der Waals surface area contributed by atoms with Crippen molar-refractivity contribution in [1.82, 2.24) is 9.97 Å². The zero-order valence-corrected chi connectivity index (χ0v) is 12.5. The third-order valence-corrected chi connectivity index (χ3v) is 3.50. The van der Waals surface area contributed by atoms with E-state index in [0.29, 0.717) is 11.6 Å². The predicted molar refractivity (Wildman–Crippen MR) is 78.2 cm³/mol. The predicted octanol–water partition coefficient (Wildman–Crippen LogP) is 3.03. The number of methoxy groups -OCH3 is 1. The Morgan fingerprint density at radius 3 is 2.60 bits per heavy atom. The van der Waals surface area contributed by atoms with Crippen LogP contribution < -0.4 is 4.74 Å². The van der Waals surface area contributed by atoms with E-state index in [2.05, 4.69) is 9.97 Å². The molecule has 1 unspecified atom stereocenters. The molecular weight excluding hydrogens is 276 g/mol. The molecule has 1 atom stereocenters. The van der Waals surface area contributed by atoms with Gasteiger partial charge in [-0.05, 0) is 25.5 Å². The number of halogens is 1. The van der Waals surface area contributed by atoms with E-state index in [1.54, 1.807) is 31.6 Å². The third kappa shape index (κ3) is 3.08. The van der Waals surface area contributed by atoms with Crippen LogP contribution in [0.25, 0.3) is 0 Å². The summed E-state index contributed by atoms with van der Waals surface area (Å²) in [6.45, 7) is 3.89. The molecule has 2 aromatic rings. The lowest BCUT2D eigenvalue weighted by Crippen LogP contribution is -2.07. The Labute approximate surface area is 123 Å². The molecule has 0 aromatic carbocycles. The highest BCUT2D eigenvalue weighted by Gasteiger charge is 2.15. The van der Waals surface area contributed by atoms with Crippen LogP contribution in [0.3, 0.4) is 0 Å². The zero-order chi connectivity index (χ0) is 14.7. The van der Waals surface area contributed by atoms with Crippen LogP contribution in [0, 0.1) is 13.8 Å². The van der Waals surface area contributed by atoms with Gasteiger partial charge in [0.2, 0.25) is 0 Å². The van der Waals surface area contributed by atoms with E-state index in [9.17, 15) is 5.11 Å². The van der Waals surface area contributed by atoms with Gasteiger partial charge in [0.05, 0.1) is 13.2 Å². The summed E-state index contributed by atoms with van der Waals surface area (Å²) in [4.78, 5) is 8.36. The van der Waals surface area contributed by atoms with Crippen molar-refractivity contribution in [2.45, 2.75) is 26.4 Å². The molecular formula is C15H17ClN2O2. The number of rotatable bonds is 4. The van der Waals surface area contributed by atoms with Gasteiger partial charge in [-0.1, -0.05) is 17.7 Å². The molecule has 20 heavy (non-hydrogen) atoms. The van der Waals surface area contributed by atoms with Crippen LogP contribution in [0.1, 0.15) is 28.5 Å². The Kier molecular flexibility index (Phi) is 4.57. The van der Waals surface area contributed by atoms with E-state index in [1.165, 1.54) is 0 Å². The molecule has 0 aliphatic heterocycles. The monoisotopic (exact) mass is 292 g/mol. The average Bonchev–Trinajstić information content (AvgIpc) is 2.43. The molecule has 0 amide bonds. The molecule has 0 aliphatic rings. The molecule has 5 heteroatoms. The number of hydrogen-bond donors (Lipinski definition) is 1. The Bertz CT molecular complexity index is 600. The van der Waals surface area contributed by atoms with Gasteiger partial charge in [0.1, 0.15) is 10.9 Å². The van der Waals surface area contributed by atoms with Crippen molar-refractivity contribution in [3.63, 3.8) is 0 Å². The normalized spacial score (nSPS) is 12.2. The second-order valence-electron chi connectivity index (χ2n) is 4.68. The maximum Gasteiger partial charge on any atom is 0.129 e. The molecule has 0 saturated heterocycles. The van der Waals surface area contributed by atoms with Gasteiger partial charge in [-0.25, -0.2) is 4.98 Å². The summed E-state index contributed by atoms with van der Waals surface area (Å²) in [5, 5.41) is 10.7. The summed E-state index contributed by atoms with van der Waals surface area (Å²) >= 11 is 5.74. The van der Waals surface area contributed by atoms with Crippen LogP contribution in [0.2, 0.25) is 5.15 Å². The largest absolute Gasteiger partial charge is 0.496 e. The summed E-state index contributed by atoms with van der Waals surface area (Å²) < 4.78 is 5.37. The van der Waals surface area contributed by atoms with Crippen molar-refractivity contribution >= 4 is 11.6 Å². The first-order valence-electron chi connectivity index (χ1n) is 6.31. The lowest BCUT2D eigenvalue weighted by atomic mass is 10.0. The first-order chi connectivity index (χ1) is 9.52. The maximum atomic E-state index is 10.3. The number of nitrogens with zero attached hydrogens (tertiary/aromatic N) is 2. The van der Waals surface area contributed by atoms with Crippen molar-refractivity contribution in [2.24, 2.45) is 0 Å². The molecule has 4 nitrogen and oxygen atoms in total. The first kappa shape index (κ1) is 14.8. The second kappa shape index (κ2) is 6.20. The van der Waals surface area contributed by atoms with Gasteiger partial charge in [0.15, 0.2) is 0 Å². The van der Waals surface area contributed by atoms with E-state index >= 15 is 0 Å². The van der Waals surface area contributed by atoms with Crippen molar-refractivity contribution in [3.8, 4) is 5.75 Å². The van der Waals surface area contributed by atoms with E-state index in [-0.39, 0.29) is 0 Å². The summed E-state index contributed by atoms with van der Waals surface area (Å²) in [6.07, 6.45) is 3.08. The number of aryl methyl sites for hydroxylation is 1. The van der Waals surface area contributed by atoms with Gasteiger partial charge >= 0.3 is 0 Å². The molecule has 2 aromatic heterocycles. The lowest BCUT2D eigenvalue weighted by Gasteiger charge is -2.15. The summed E-state index contributed by atoms with van der Waals surface area (Å²) in [5.74, 6) is 0.816. The summed E-state index contributed by atoms with van der Waals surface area (Å²) in [7, 11) is 1.64. The highest BCUT2D eigenvalue weighted by Crippen LogP contribution is 2.27. The van der Waals surface area contributed by atoms with Crippen LogP contribution in [0.5, 0.6) is 5.75 Å². The van der Waals surface area contributed by atoms with Crippen LogP contribution in [0.4, 0.5) is 0 Å². The summed E-state index contributed by atoms with van der Waals surface area (Å²) in [5.41, 5.74) is 3.47. The van der Waals surface area contributed by atoms with Gasteiger partial charge in [0.25, 0.3) is 0 Å². The molecule has 0 radical (unpaired) electrons. The summed E-state index contributed by atoms with van der Waals surface area (Å²) in [6, 6.07) is 3.43. The second-order valence-corrected chi connectivity index (χ2v) is 5.07. The number of pyridine rings is 2. The number of aliphatic hydroxyl groups is 1. The van der Waals surface area contributed by atoms with E-state index in [0.717, 1.165) is 28.1 Å². The number of hydrogen-bond acceptors (Lipinski definition) is 4. The third-order valence-electron chi connectivity index (χ3n) is 3.27. The molecule has 0 fully saturated rings. The Balaban J connectivity index is 2.23. The topological polar surface area (TPSA) is 55.2 Å². The minimum Gasteiger partial charge on any atom is -0.496 e. The van der Waals surface area contributed by atoms with Crippen LogP contribution in [-0.4, -0.2) is 22.2 Å². The van der Waals surface area contributed by atoms with Gasteiger partial charge in [-0.3, -0.25) is 4.98 Å². The standard InChI is InChI=1S/C15H17ClN2O2/c1-9-7-17-12(10(2)15(9)20-3)6-13(19)11-4-5-14(16)18-8-11/h4-5,7-8,13,19H,6H2,1-3H3. The van der Waals surface area contributed by atoms with Gasteiger partial charge in [-0.15, -0.1) is 0 Å². The van der Waals surface area contributed by atoms with Crippen molar-refractivity contribution in [2.75, 3.05) is 7.11 Å². The quantitative estimate of drug-likeness (QED) is 0.880. The van der Waals surface area contributed by atoms with E-state index in [4.69, 9.17) is 16.3 Å². The average molecular weight is 293 g/mol. The lowest BCUT2D eigenvalue weighted by molar-refractivity contribution is 0.176. The number of aliphatic hydroxyl groups excluding tert-OH is 1. The fourth-order valence-corrected chi connectivity index (χ4v) is 2.27. The fourth-order valence-electron chi connectivity index (χ4n) is 2.16. The fraction of sp³-hybridized carbons (Fsp3) is 0.333. The maximum absolute atomic E-state index is 10.3. The zero-order valence-electron chi connectivity index (χ0n) is 11.7. The molecule has 0 aliphatic carbocycles. The van der Waals surface area contributed by atoms with Crippen LogP contribution >= 0.6 is 11.6 Å². The molecule has 0 spiro atoms. The minimum absolute atomic E-state index is 0.409. The minimum atomic E-state index is -0.668.